The summed E-state index contributed by atoms with van der Waals surface area (Å²) in [7, 11) is 0. The lowest BCUT2D eigenvalue weighted by Crippen LogP contribution is -2.42. The summed E-state index contributed by atoms with van der Waals surface area (Å²) in [6, 6.07) is 20.2. The third-order valence-electron chi connectivity index (χ3n) is 4.87. The molecule has 1 aromatic heterocycles. The highest BCUT2D eigenvalue weighted by Gasteiger charge is 2.32. The lowest BCUT2D eigenvalue weighted by atomic mass is 9.88. The first-order valence-electron chi connectivity index (χ1n) is 9.92. The van der Waals surface area contributed by atoms with Crippen molar-refractivity contribution in [3.63, 3.8) is 0 Å². The Morgan fingerprint density at radius 3 is 1.90 bits per heavy atom. The fourth-order valence-corrected chi connectivity index (χ4v) is 3.22. The molecule has 0 aliphatic rings. The van der Waals surface area contributed by atoms with Crippen molar-refractivity contribution in [2.24, 2.45) is 0 Å². The van der Waals surface area contributed by atoms with Gasteiger partial charge in [-0.2, -0.15) is 4.98 Å². The number of carbonyl (C=O) groups excluding carboxylic acids is 1. The van der Waals surface area contributed by atoms with Crippen LogP contribution >= 0.6 is 0 Å². The van der Waals surface area contributed by atoms with Crippen molar-refractivity contribution >= 4 is 5.91 Å². The number of nitrogens with one attached hydrogen (secondary N) is 1. The third-order valence-corrected chi connectivity index (χ3v) is 4.87. The van der Waals surface area contributed by atoms with Crippen LogP contribution in [0.5, 0.6) is 0 Å². The number of benzene rings is 2. The van der Waals surface area contributed by atoms with Crippen molar-refractivity contribution < 1.29 is 9.32 Å². The van der Waals surface area contributed by atoms with Crippen LogP contribution in [0.4, 0.5) is 0 Å². The molecule has 0 saturated heterocycles. The molecule has 0 saturated carbocycles. The summed E-state index contributed by atoms with van der Waals surface area (Å²) in [5.41, 5.74) is 1.25. The number of nitrogens with zero attached hydrogens (tertiary/aromatic N) is 2. The summed E-state index contributed by atoms with van der Waals surface area (Å²) in [5, 5.41) is 7.19. The summed E-state index contributed by atoms with van der Waals surface area (Å²) < 4.78 is 5.40. The standard InChI is InChI=1S/C24H29N3O2/c1-23(2,3)22-25-21(27-29-22)24(4,5)26-20(28)16-19(17-12-8-6-9-13-17)18-14-10-7-11-15-18/h6-15,19H,16H2,1-5H3,(H,26,28). The van der Waals surface area contributed by atoms with E-state index >= 15 is 0 Å². The topological polar surface area (TPSA) is 68.0 Å². The van der Waals surface area contributed by atoms with E-state index < -0.39 is 5.54 Å². The Labute approximate surface area is 172 Å². The first-order valence-corrected chi connectivity index (χ1v) is 9.92. The third kappa shape index (κ3) is 5.11. The predicted molar refractivity (Wildman–Crippen MR) is 114 cm³/mol. The Kier molecular flexibility index (Phi) is 5.87. The van der Waals surface area contributed by atoms with Crippen molar-refractivity contribution in [1.82, 2.24) is 15.5 Å². The Hall–Kier alpha value is -2.95. The number of hydrogen-bond acceptors (Lipinski definition) is 4. The molecule has 1 N–H and O–H groups in total. The maximum Gasteiger partial charge on any atom is 0.232 e. The van der Waals surface area contributed by atoms with Gasteiger partial charge in [0.15, 0.2) is 5.82 Å². The molecule has 0 unspecified atom stereocenters. The van der Waals surface area contributed by atoms with E-state index in [1.807, 2.05) is 71.0 Å². The molecular formula is C24H29N3O2. The van der Waals surface area contributed by atoms with Crippen LogP contribution in [0.25, 0.3) is 0 Å². The van der Waals surface area contributed by atoms with Crippen LogP contribution in [-0.4, -0.2) is 16.0 Å². The highest BCUT2D eigenvalue weighted by molar-refractivity contribution is 5.78. The Balaban J connectivity index is 1.79. The molecule has 5 heteroatoms. The van der Waals surface area contributed by atoms with Gasteiger partial charge in [0.05, 0.1) is 5.54 Å². The molecule has 3 aromatic rings. The average Bonchev–Trinajstić information content (AvgIpc) is 3.19. The highest BCUT2D eigenvalue weighted by Crippen LogP contribution is 2.29. The van der Waals surface area contributed by atoms with Crippen LogP contribution in [0.15, 0.2) is 65.2 Å². The van der Waals surface area contributed by atoms with Crippen molar-refractivity contribution in [3.05, 3.63) is 83.5 Å². The van der Waals surface area contributed by atoms with E-state index in [4.69, 9.17) is 4.52 Å². The fraction of sp³-hybridized carbons (Fsp3) is 0.375. The molecule has 0 atom stereocenters. The number of carbonyl (C=O) groups is 1. The van der Waals surface area contributed by atoms with Gasteiger partial charge in [-0.05, 0) is 25.0 Å². The van der Waals surface area contributed by atoms with Gasteiger partial charge in [-0.3, -0.25) is 4.79 Å². The monoisotopic (exact) mass is 391 g/mol. The minimum absolute atomic E-state index is 0.0244. The van der Waals surface area contributed by atoms with E-state index in [0.29, 0.717) is 18.1 Å². The van der Waals surface area contributed by atoms with Gasteiger partial charge in [0.2, 0.25) is 11.8 Å². The zero-order chi connectivity index (χ0) is 21.1. The van der Waals surface area contributed by atoms with Crippen LogP contribution in [-0.2, 0) is 15.7 Å². The van der Waals surface area contributed by atoms with Crippen molar-refractivity contribution in [1.29, 1.82) is 0 Å². The minimum Gasteiger partial charge on any atom is -0.344 e. The normalized spacial score (nSPS) is 12.2. The summed E-state index contributed by atoms with van der Waals surface area (Å²) >= 11 is 0. The molecule has 0 bridgehead atoms. The molecule has 0 aliphatic heterocycles. The zero-order valence-electron chi connectivity index (χ0n) is 17.8. The number of aromatic nitrogens is 2. The van der Waals surface area contributed by atoms with E-state index in [1.54, 1.807) is 0 Å². The molecule has 1 amide bonds. The summed E-state index contributed by atoms with van der Waals surface area (Å²) in [5.74, 6) is 0.950. The molecule has 0 spiro atoms. The van der Waals surface area contributed by atoms with Crippen LogP contribution in [0.1, 0.15) is 69.8 Å². The van der Waals surface area contributed by atoms with Crippen LogP contribution in [0, 0.1) is 0 Å². The molecule has 152 valence electrons. The zero-order valence-corrected chi connectivity index (χ0v) is 17.8. The summed E-state index contributed by atoms with van der Waals surface area (Å²) in [4.78, 5) is 17.5. The van der Waals surface area contributed by atoms with Gasteiger partial charge in [-0.15, -0.1) is 0 Å². The smallest absolute Gasteiger partial charge is 0.232 e. The number of rotatable bonds is 6. The molecule has 1 heterocycles. The Morgan fingerprint density at radius 2 is 1.45 bits per heavy atom. The quantitative estimate of drug-likeness (QED) is 0.646. The van der Waals surface area contributed by atoms with Crippen LogP contribution < -0.4 is 5.32 Å². The maximum absolute atomic E-state index is 13.0. The highest BCUT2D eigenvalue weighted by atomic mass is 16.5. The van der Waals surface area contributed by atoms with E-state index in [9.17, 15) is 4.79 Å². The summed E-state index contributed by atoms with van der Waals surface area (Å²) in [6.45, 7) is 9.82. The number of hydrogen-bond donors (Lipinski definition) is 1. The number of amides is 1. The van der Waals surface area contributed by atoms with Crippen LogP contribution in [0.3, 0.4) is 0 Å². The Bertz CT molecular complexity index is 902. The van der Waals surface area contributed by atoms with E-state index in [1.165, 1.54) is 0 Å². The summed E-state index contributed by atoms with van der Waals surface area (Å²) in [6.07, 6.45) is 0.335. The molecule has 29 heavy (non-hydrogen) atoms. The molecule has 0 radical (unpaired) electrons. The molecule has 2 aromatic carbocycles. The maximum atomic E-state index is 13.0. The minimum atomic E-state index is -0.734. The molecule has 3 rings (SSSR count). The SMILES string of the molecule is CC(C)(C)c1nc(C(C)(C)NC(=O)CC(c2ccccc2)c2ccccc2)no1. The molecule has 0 aliphatic carbocycles. The van der Waals surface area contributed by atoms with Gasteiger partial charge in [0.25, 0.3) is 0 Å². The molecular weight excluding hydrogens is 362 g/mol. The first kappa shape index (κ1) is 20.8. The van der Waals surface area contributed by atoms with Crippen molar-refractivity contribution in [2.75, 3.05) is 0 Å². The molecule has 5 nitrogen and oxygen atoms in total. The second-order valence-electron chi connectivity index (χ2n) is 8.92. The second kappa shape index (κ2) is 8.19. The average molecular weight is 392 g/mol. The van der Waals surface area contributed by atoms with Gasteiger partial charge < -0.3 is 9.84 Å². The lowest BCUT2D eigenvalue weighted by molar-refractivity contribution is -0.123. The van der Waals surface area contributed by atoms with Crippen LogP contribution in [0.2, 0.25) is 0 Å². The second-order valence-corrected chi connectivity index (χ2v) is 8.92. The van der Waals surface area contributed by atoms with E-state index in [-0.39, 0.29) is 17.2 Å². The van der Waals surface area contributed by atoms with Gasteiger partial charge in [-0.25, -0.2) is 0 Å². The predicted octanol–water partition coefficient (Wildman–Crippen LogP) is 4.94. The fourth-order valence-electron chi connectivity index (χ4n) is 3.22. The van der Waals surface area contributed by atoms with E-state index in [0.717, 1.165) is 11.1 Å². The van der Waals surface area contributed by atoms with Gasteiger partial charge in [0, 0.05) is 17.8 Å². The van der Waals surface area contributed by atoms with E-state index in [2.05, 4.69) is 39.7 Å². The van der Waals surface area contributed by atoms with Gasteiger partial charge >= 0.3 is 0 Å². The first-order chi connectivity index (χ1) is 13.7. The lowest BCUT2D eigenvalue weighted by Gasteiger charge is -2.25. The van der Waals surface area contributed by atoms with Gasteiger partial charge in [0.1, 0.15) is 0 Å². The molecule has 0 fully saturated rings. The van der Waals surface area contributed by atoms with Crippen molar-refractivity contribution in [2.45, 2.75) is 57.9 Å². The largest absolute Gasteiger partial charge is 0.344 e. The van der Waals surface area contributed by atoms with Gasteiger partial charge in [-0.1, -0.05) is 86.6 Å². The van der Waals surface area contributed by atoms with Crippen molar-refractivity contribution in [3.8, 4) is 0 Å². The Morgan fingerprint density at radius 1 is 0.931 bits per heavy atom.